The van der Waals surface area contributed by atoms with E-state index in [4.69, 9.17) is 15.2 Å². The van der Waals surface area contributed by atoms with Crippen LogP contribution in [0.3, 0.4) is 0 Å². The third-order valence-electron chi connectivity index (χ3n) is 3.85. The molecular formula is C21H22N2O3S. The number of para-hydroxylation sites is 1. The standard InChI is InChI=1S/C21H22N2O3S/c1-14-10-15(2)12-17(11-14)25-8-5-9-26-18-7-4-3-6-16(18)13-19-20(24)23-21(22)27-19/h3-4,6-7,10-13H,5,8-9H2,1-2H3,(H2,22,23,24)/b19-13-. The Bertz CT molecular complexity index is 886. The molecule has 27 heavy (non-hydrogen) atoms. The normalized spacial score (nSPS) is 15.1. The number of rotatable bonds is 7. The second-order valence-corrected chi connectivity index (χ2v) is 7.34. The van der Waals surface area contributed by atoms with Crippen LogP contribution in [0.2, 0.25) is 0 Å². The summed E-state index contributed by atoms with van der Waals surface area (Å²) >= 11 is 1.17. The molecule has 1 heterocycles. The van der Waals surface area contributed by atoms with Gasteiger partial charge in [-0.15, -0.1) is 0 Å². The van der Waals surface area contributed by atoms with Crippen LogP contribution in [-0.4, -0.2) is 24.3 Å². The van der Waals surface area contributed by atoms with Crippen molar-refractivity contribution in [1.29, 1.82) is 0 Å². The van der Waals surface area contributed by atoms with Crippen molar-refractivity contribution in [2.75, 3.05) is 13.2 Å². The maximum atomic E-state index is 11.8. The summed E-state index contributed by atoms with van der Waals surface area (Å²) in [7, 11) is 0. The van der Waals surface area contributed by atoms with Gasteiger partial charge in [0.1, 0.15) is 11.5 Å². The number of carbonyl (C=O) groups is 1. The number of carbonyl (C=O) groups excluding carboxylic acids is 1. The van der Waals surface area contributed by atoms with E-state index in [9.17, 15) is 4.79 Å². The van der Waals surface area contributed by atoms with Crippen LogP contribution >= 0.6 is 11.8 Å². The SMILES string of the molecule is Cc1cc(C)cc(OCCCOc2ccccc2/C=C2\SC(N)=NC2=O)c1. The van der Waals surface area contributed by atoms with Gasteiger partial charge in [-0.3, -0.25) is 4.79 Å². The van der Waals surface area contributed by atoms with Gasteiger partial charge >= 0.3 is 0 Å². The van der Waals surface area contributed by atoms with Gasteiger partial charge in [-0.05, 0) is 61.0 Å². The Morgan fingerprint density at radius 3 is 2.48 bits per heavy atom. The Hall–Kier alpha value is -2.73. The van der Waals surface area contributed by atoms with Gasteiger partial charge in [0.2, 0.25) is 0 Å². The number of amidine groups is 1. The Kier molecular flexibility index (Phi) is 6.19. The summed E-state index contributed by atoms with van der Waals surface area (Å²) in [6.07, 6.45) is 2.51. The third-order valence-corrected chi connectivity index (χ3v) is 4.67. The van der Waals surface area contributed by atoms with Gasteiger partial charge in [0, 0.05) is 12.0 Å². The zero-order valence-corrected chi connectivity index (χ0v) is 16.2. The van der Waals surface area contributed by atoms with Gasteiger partial charge in [0.15, 0.2) is 5.17 Å². The smallest absolute Gasteiger partial charge is 0.286 e. The van der Waals surface area contributed by atoms with E-state index in [1.165, 1.54) is 22.9 Å². The van der Waals surface area contributed by atoms with Gasteiger partial charge in [-0.25, -0.2) is 0 Å². The molecule has 0 unspecified atom stereocenters. The van der Waals surface area contributed by atoms with Crippen molar-refractivity contribution >= 4 is 28.9 Å². The summed E-state index contributed by atoms with van der Waals surface area (Å²) in [5.74, 6) is 1.29. The fraction of sp³-hybridized carbons (Fsp3) is 0.238. The molecule has 2 N–H and O–H groups in total. The molecule has 6 heteroatoms. The molecule has 2 aromatic carbocycles. The Labute approximate surface area is 163 Å². The average molecular weight is 382 g/mol. The van der Waals surface area contributed by atoms with Crippen LogP contribution in [0.15, 0.2) is 52.4 Å². The first-order valence-electron chi connectivity index (χ1n) is 8.72. The van der Waals surface area contributed by atoms with E-state index in [1.54, 1.807) is 6.08 Å². The van der Waals surface area contributed by atoms with E-state index in [1.807, 2.05) is 36.4 Å². The van der Waals surface area contributed by atoms with E-state index >= 15 is 0 Å². The van der Waals surface area contributed by atoms with Crippen molar-refractivity contribution in [2.24, 2.45) is 10.7 Å². The lowest BCUT2D eigenvalue weighted by atomic mass is 10.1. The van der Waals surface area contributed by atoms with Crippen molar-refractivity contribution in [3.8, 4) is 11.5 Å². The van der Waals surface area contributed by atoms with Gasteiger partial charge in [0.25, 0.3) is 5.91 Å². The number of nitrogens with zero attached hydrogens (tertiary/aromatic N) is 1. The van der Waals surface area contributed by atoms with Gasteiger partial charge in [-0.2, -0.15) is 4.99 Å². The van der Waals surface area contributed by atoms with Crippen LogP contribution in [-0.2, 0) is 4.79 Å². The predicted molar refractivity (Wildman–Crippen MR) is 110 cm³/mol. The second-order valence-electron chi connectivity index (χ2n) is 6.28. The summed E-state index contributed by atoms with van der Waals surface area (Å²) in [5.41, 5.74) is 8.80. The van der Waals surface area contributed by atoms with Gasteiger partial charge in [0.05, 0.1) is 18.1 Å². The summed E-state index contributed by atoms with van der Waals surface area (Å²) in [5, 5.41) is 0.271. The summed E-state index contributed by atoms with van der Waals surface area (Å²) < 4.78 is 11.7. The number of ether oxygens (including phenoxy) is 2. The van der Waals surface area contributed by atoms with Crippen molar-refractivity contribution in [2.45, 2.75) is 20.3 Å². The van der Waals surface area contributed by atoms with E-state index in [-0.39, 0.29) is 11.1 Å². The molecule has 2 aromatic rings. The van der Waals surface area contributed by atoms with Crippen LogP contribution in [0, 0.1) is 13.8 Å². The molecule has 0 spiro atoms. The summed E-state index contributed by atoms with van der Waals surface area (Å²) in [6, 6.07) is 13.8. The van der Waals surface area contributed by atoms with Crippen LogP contribution in [0.1, 0.15) is 23.1 Å². The molecule has 5 nitrogen and oxygen atoms in total. The van der Waals surface area contributed by atoms with Crippen LogP contribution in [0.25, 0.3) is 6.08 Å². The van der Waals surface area contributed by atoms with Crippen molar-refractivity contribution in [3.63, 3.8) is 0 Å². The minimum absolute atomic E-state index is 0.271. The first kappa shape index (κ1) is 19.0. The van der Waals surface area contributed by atoms with Crippen LogP contribution in [0.4, 0.5) is 0 Å². The monoisotopic (exact) mass is 382 g/mol. The molecule has 0 radical (unpaired) electrons. The zero-order chi connectivity index (χ0) is 19.2. The Balaban J connectivity index is 1.53. The third kappa shape index (κ3) is 5.37. The highest BCUT2D eigenvalue weighted by molar-refractivity contribution is 8.18. The molecule has 3 rings (SSSR count). The molecule has 1 aliphatic rings. The van der Waals surface area contributed by atoms with E-state index in [2.05, 4.69) is 24.9 Å². The summed E-state index contributed by atoms with van der Waals surface area (Å²) in [4.78, 5) is 16.0. The minimum atomic E-state index is -0.311. The number of nitrogens with two attached hydrogens (primary N) is 1. The maximum absolute atomic E-state index is 11.8. The molecule has 1 amide bonds. The van der Waals surface area contributed by atoms with Crippen LogP contribution in [0.5, 0.6) is 11.5 Å². The predicted octanol–water partition coefficient (Wildman–Crippen LogP) is 4.08. The molecule has 1 aliphatic heterocycles. The lowest BCUT2D eigenvalue weighted by molar-refractivity contribution is -0.113. The molecule has 0 aliphatic carbocycles. The highest BCUT2D eigenvalue weighted by Crippen LogP contribution is 2.29. The lowest BCUT2D eigenvalue weighted by Gasteiger charge is -2.11. The van der Waals surface area contributed by atoms with Crippen molar-refractivity contribution < 1.29 is 14.3 Å². The topological polar surface area (TPSA) is 73.9 Å². The second kappa shape index (κ2) is 8.77. The van der Waals surface area contributed by atoms with Crippen LogP contribution < -0.4 is 15.2 Å². The number of aliphatic imine (C=N–C) groups is 1. The number of thioether (sulfide) groups is 1. The molecule has 0 aromatic heterocycles. The zero-order valence-electron chi connectivity index (χ0n) is 15.4. The summed E-state index contributed by atoms with van der Waals surface area (Å²) in [6.45, 7) is 5.20. The molecule has 0 bridgehead atoms. The van der Waals surface area contributed by atoms with Gasteiger partial charge < -0.3 is 15.2 Å². The van der Waals surface area contributed by atoms with Crippen molar-refractivity contribution in [1.82, 2.24) is 0 Å². The molecule has 0 saturated heterocycles. The largest absolute Gasteiger partial charge is 0.493 e. The quantitative estimate of drug-likeness (QED) is 0.577. The number of hydrogen-bond acceptors (Lipinski definition) is 5. The number of benzene rings is 2. The first-order valence-corrected chi connectivity index (χ1v) is 9.54. The van der Waals surface area contributed by atoms with E-state index in [0.29, 0.717) is 18.1 Å². The molecular weight excluding hydrogens is 360 g/mol. The molecule has 0 saturated carbocycles. The minimum Gasteiger partial charge on any atom is -0.493 e. The molecule has 140 valence electrons. The Morgan fingerprint density at radius 1 is 1.07 bits per heavy atom. The molecule has 0 atom stereocenters. The number of amides is 1. The Morgan fingerprint density at radius 2 is 1.78 bits per heavy atom. The highest BCUT2D eigenvalue weighted by atomic mass is 32.2. The van der Waals surface area contributed by atoms with E-state index < -0.39 is 0 Å². The maximum Gasteiger partial charge on any atom is 0.286 e. The fourth-order valence-electron chi connectivity index (χ4n) is 2.75. The average Bonchev–Trinajstić information content (AvgIpc) is 2.92. The fourth-order valence-corrected chi connectivity index (χ4v) is 3.42. The number of aryl methyl sites for hydroxylation is 2. The van der Waals surface area contributed by atoms with Gasteiger partial charge in [-0.1, -0.05) is 24.3 Å². The first-order chi connectivity index (χ1) is 13.0. The lowest BCUT2D eigenvalue weighted by Crippen LogP contribution is -2.06. The number of hydrogen-bond donors (Lipinski definition) is 1. The van der Waals surface area contributed by atoms with E-state index in [0.717, 1.165) is 23.5 Å². The van der Waals surface area contributed by atoms with Crippen molar-refractivity contribution in [3.05, 3.63) is 64.1 Å². The molecule has 0 fully saturated rings. The highest BCUT2D eigenvalue weighted by Gasteiger charge is 2.20.